The molecule has 0 aliphatic rings. The molecule has 0 unspecified atom stereocenters. The Morgan fingerprint density at radius 2 is 2.11 bits per heavy atom. The van der Waals surface area contributed by atoms with E-state index in [4.69, 9.17) is 0 Å². The molecule has 1 aromatic heterocycles. The molecule has 0 spiro atoms. The van der Waals surface area contributed by atoms with E-state index in [1.807, 2.05) is 18.5 Å². The van der Waals surface area contributed by atoms with Crippen LogP contribution in [0.2, 0.25) is 0 Å². The summed E-state index contributed by atoms with van der Waals surface area (Å²) in [4.78, 5) is 23.8. The van der Waals surface area contributed by atoms with Gasteiger partial charge in [0.25, 0.3) is 0 Å². The van der Waals surface area contributed by atoms with E-state index in [9.17, 15) is 9.59 Å². The van der Waals surface area contributed by atoms with E-state index in [2.05, 4.69) is 22.1 Å². The number of carbonyl (C=O) groups excluding carboxylic acids is 1. The van der Waals surface area contributed by atoms with Gasteiger partial charge >= 0.3 is 115 Å². The maximum absolute atomic E-state index is 12.3. The van der Waals surface area contributed by atoms with E-state index in [0.717, 1.165) is 5.69 Å². The molecule has 0 aliphatic carbocycles. The fourth-order valence-corrected chi connectivity index (χ4v) is 2.07. The van der Waals surface area contributed by atoms with Gasteiger partial charge in [0.05, 0.1) is 0 Å². The van der Waals surface area contributed by atoms with Gasteiger partial charge in [-0.1, -0.05) is 0 Å². The average Bonchev–Trinajstić information content (AvgIpc) is 2.37. The predicted octanol–water partition coefficient (Wildman–Crippen LogP) is 0.949. The number of hydrogen-bond acceptors (Lipinski definition) is 3. The molecule has 0 fully saturated rings. The normalized spacial score (nSPS) is 11.2. The molecule has 0 amide bonds. The minimum absolute atomic E-state index is 0.0561. The van der Waals surface area contributed by atoms with Gasteiger partial charge in [-0.05, 0) is 0 Å². The standard InChI is InChI=1S/C12H17N3O2.V/c1-5-10(16)7-11-9(3)14(4)8-15(12(11)17)13-6-2;/h6H,5,7H2,1-4H3;/q;+2. The summed E-state index contributed by atoms with van der Waals surface area (Å²) < 4.78 is 3.84. The number of aromatic nitrogens is 2. The summed E-state index contributed by atoms with van der Waals surface area (Å²) in [6.07, 6.45) is 2.16. The molecule has 1 rings (SSSR count). The van der Waals surface area contributed by atoms with Crippen molar-refractivity contribution in [2.45, 2.75) is 33.6 Å². The number of hydrogen-bond donors (Lipinski definition) is 0. The molecule has 0 saturated heterocycles. The van der Waals surface area contributed by atoms with Crippen LogP contribution in [0, 0.1) is 11.1 Å². The van der Waals surface area contributed by atoms with Crippen LogP contribution in [0.25, 0.3) is 0 Å². The van der Waals surface area contributed by atoms with Gasteiger partial charge < -0.3 is 0 Å². The molecule has 0 N–H and O–H groups in total. The molecule has 0 saturated carbocycles. The summed E-state index contributed by atoms with van der Waals surface area (Å²) >= 11 is 2.33. The van der Waals surface area contributed by atoms with Crippen molar-refractivity contribution >= 4 is 12.0 Å². The van der Waals surface area contributed by atoms with Crippen molar-refractivity contribution < 1.29 is 21.8 Å². The Labute approximate surface area is 115 Å². The number of carbonyl (C=O) groups is 1. The molecule has 6 heteroatoms. The summed E-state index contributed by atoms with van der Waals surface area (Å²) in [5.74, 6) is 0.0561. The Hall–Kier alpha value is -1.20. The molecule has 0 atom stereocenters. The second-order valence-corrected chi connectivity index (χ2v) is 4.61. The summed E-state index contributed by atoms with van der Waals surface area (Å²) in [6.45, 7) is 5.39. The van der Waals surface area contributed by atoms with Crippen LogP contribution in [0.4, 0.5) is 0 Å². The maximum atomic E-state index is 12.3. The van der Waals surface area contributed by atoms with E-state index in [1.54, 1.807) is 20.1 Å². The van der Waals surface area contributed by atoms with Crippen LogP contribution in [-0.2, 0) is 35.2 Å². The van der Waals surface area contributed by atoms with E-state index in [0.29, 0.717) is 16.1 Å². The third-order valence-electron chi connectivity index (χ3n) is 2.88. The van der Waals surface area contributed by atoms with E-state index in [1.165, 1.54) is 4.68 Å². The molecule has 0 radical (unpaired) electrons. The van der Waals surface area contributed by atoms with Crippen molar-refractivity contribution in [2.24, 2.45) is 12.1 Å². The van der Waals surface area contributed by atoms with Crippen LogP contribution in [0.3, 0.4) is 0 Å². The molecule has 0 bridgehead atoms. The van der Waals surface area contributed by atoms with Gasteiger partial charge in [-0.15, -0.1) is 0 Å². The quantitative estimate of drug-likeness (QED) is 0.774. The molecule has 5 nitrogen and oxygen atoms in total. The van der Waals surface area contributed by atoms with Crippen molar-refractivity contribution in [2.75, 3.05) is 0 Å². The number of ketones is 1. The first-order chi connectivity index (χ1) is 8.43. The Bertz CT molecular complexity index is 611. The van der Waals surface area contributed by atoms with Crippen LogP contribution in [-0.4, -0.2) is 21.2 Å². The van der Waals surface area contributed by atoms with E-state index in [-0.39, 0.29) is 17.8 Å². The second kappa shape index (κ2) is 6.11. The number of rotatable bonds is 4. The predicted molar refractivity (Wildman–Crippen MR) is 66.2 cm³/mol. The molecule has 1 aromatic rings. The summed E-state index contributed by atoms with van der Waals surface area (Å²) in [5, 5.41) is 4.03. The monoisotopic (exact) mass is 286 g/mol. The fourth-order valence-electron chi connectivity index (χ4n) is 1.61. The number of nitrogens with zero attached hydrogens (tertiary/aromatic N) is 3. The topological polar surface area (TPSA) is 56.4 Å². The minimum atomic E-state index is -0.221. The third kappa shape index (κ3) is 2.79. The first kappa shape index (κ1) is 14.9. The van der Waals surface area contributed by atoms with Gasteiger partial charge in [-0.2, -0.15) is 0 Å². The van der Waals surface area contributed by atoms with Crippen LogP contribution < -0.4 is 5.56 Å². The summed E-state index contributed by atoms with van der Waals surface area (Å²) in [7, 11) is 1.85. The van der Waals surface area contributed by atoms with Gasteiger partial charge in [-0.3, -0.25) is 0 Å². The SMILES string of the molecule is CC=Nn1c(=O)c(CC(=O)CC)c(C)n(C)[c]1=[V+2]. The molecular formula is C12H17N3O2V+2. The van der Waals surface area contributed by atoms with Crippen molar-refractivity contribution in [3.05, 3.63) is 25.7 Å². The molecule has 0 aliphatic heterocycles. The van der Waals surface area contributed by atoms with Crippen molar-refractivity contribution in [3.8, 4) is 0 Å². The molecule has 1 heterocycles. The molecule has 18 heavy (non-hydrogen) atoms. The molecule has 95 valence electrons. The van der Waals surface area contributed by atoms with Crippen molar-refractivity contribution in [3.63, 3.8) is 0 Å². The van der Waals surface area contributed by atoms with Crippen molar-refractivity contribution in [1.82, 2.24) is 9.24 Å². The Morgan fingerprint density at radius 3 is 2.61 bits per heavy atom. The zero-order chi connectivity index (χ0) is 13.9. The van der Waals surface area contributed by atoms with E-state index < -0.39 is 0 Å². The van der Waals surface area contributed by atoms with Gasteiger partial charge in [0, 0.05) is 0 Å². The zero-order valence-electron chi connectivity index (χ0n) is 11.1. The number of Topliss-reactive ketones (excluding diaryl/α,β-unsaturated/α-hetero) is 1. The van der Waals surface area contributed by atoms with Crippen LogP contribution in [0.1, 0.15) is 31.5 Å². The summed E-state index contributed by atoms with van der Waals surface area (Å²) in [6, 6.07) is 0. The zero-order valence-corrected chi connectivity index (χ0v) is 12.5. The van der Waals surface area contributed by atoms with Gasteiger partial charge in [0.2, 0.25) is 0 Å². The Kier molecular flexibility index (Phi) is 5.05. The van der Waals surface area contributed by atoms with Gasteiger partial charge in [0.15, 0.2) is 0 Å². The first-order valence-corrected chi connectivity index (χ1v) is 6.48. The average molecular weight is 286 g/mol. The van der Waals surface area contributed by atoms with Gasteiger partial charge in [0.1, 0.15) is 0 Å². The van der Waals surface area contributed by atoms with E-state index >= 15 is 0 Å². The van der Waals surface area contributed by atoms with Gasteiger partial charge in [-0.25, -0.2) is 0 Å². The fraction of sp³-hybridized carbons (Fsp3) is 0.500. The van der Waals surface area contributed by atoms with Crippen molar-refractivity contribution in [1.29, 1.82) is 0 Å². The first-order valence-electron chi connectivity index (χ1n) is 5.78. The summed E-state index contributed by atoms with van der Waals surface area (Å²) in [5.41, 5.74) is 1.10. The molecular weight excluding hydrogens is 269 g/mol. The van der Waals surface area contributed by atoms with Crippen LogP contribution >= 0.6 is 0 Å². The Morgan fingerprint density at radius 1 is 1.50 bits per heavy atom. The Balaban J connectivity index is 3.57. The third-order valence-corrected chi connectivity index (χ3v) is 3.64. The van der Waals surface area contributed by atoms with Crippen LogP contribution in [0.15, 0.2) is 9.90 Å². The molecule has 0 aromatic carbocycles. The second-order valence-electron chi connectivity index (χ2n) is 3.98. The van der Waals surface area contributed by atoms with Crippen LogP contribution in [0.5, 0.6) is 0 Å².